The molecule has 0 saturated carbocycles. The quantitative estimate of drug-likeness (QED) is 0.415. The van der Waals surface area contributed by atoms with E-state index in [1.165, 1.54) is 0 Å². The first-order valence-electron chi connectivity index (χ1n) is 3.39. The van der Waals surface area contributed by atoms with Gasteiger partial charge in [-0.05, 0) is 13.3 Å². The molecule has 0 bridgehead atoms. The van der Waals surface area contributed by atoms with E-state index < -0.39 is 9.05 Å². The van der Waals surface area contributed by atoms with Crippen LogP contribution in [-0.2, 0) is 4.43 Å². The van der Waals surface area contributed by atoms with Crippen molar-refractivity contribution in [1.82, 2.24) is 0 Å². The molecule has 0 aliphatic rings. The minimum atomic E-state index is -4.16. The summed E-state index contributed by atoms with van der Waals surface area (Å²) in [5.74, 6) is 0. The molecule has 0 aliphatic carbocycles. The summed E-state index contributed by atoms with van der Waals surface area (Å²) in [7, 11) is -4.16. The Bertz CT molecular complexity index is 69.8. The average Bonchev–Trinajstić information content (AvgIpc) is 1.86. The minimum Gasteiger partial charge on any atom is -0.396 e. The van der Waals surface area contributed by atoms with Crippen LogP contribution in [0.4, 0.5) is 0 Å². The molecule has 0 aromatic rings. The van der Waals surface area contributed by atoms with Gasteiger partial charge in [0.2, 0.25) is 0 Å². The fourth-order valence-corrected chi connectivity index (χ4v) is 0.581. The zero-order chi connectivity index (χ0) is 9.33. The van der Waals surface area contributed by atoms with Gasteiger partial charge in [0.05, 0.1) is 0 Å². The maximum absolute atomic E-state index is 8.05. The van der Waals surface area contributed by atoms with Crippen molar-refractivity contribution in [2.45, 2.75) is 20.3 Å². The van der Waals surface area contributed by atoms with Gasteiger partial charge in [-0.2, -0.15) is 0 Å². The maximum Gasteiger partial charge on any atom is 0.671 e. The standard InChI is InChI=1S/C3H8O.C2H8O4Si/c1-2-3-4;1-2-6-7(3,4)5/h4H,2-3H2,1H3;3-5H,2H2,1H3. The summed E-state index contributed by atoms with van der Waals surface area (Å²) in [6.45, 7) is 3.93. The lowest BCUT2D eigenvalue weighted by atomic mass is 10.5. The number of aliphatic hydroxyl groups excluding tert-OH is 1. The van der Waals surface area contributed by atoms with Crippen molar-refractivity contribution in [2.75, 3.05) is 13.2 Å². The van der Waals surface area contributed by atoms with E-state index in [9.17, 15) is 0 Å². The molecule has 0 rings (SSSR count). The molecule has 0 saturated heterocycles. The molecule has 5 nitrogen and oxygen atoms in total. The van der Waals surface area contributed by atoms with Crippen LogP contribution < -0.4 is 0 Å². The Labute approximate surface area is 67.4 Å². The third kappa shape index (κ3) is 25.6. The molecule has 0 aromatic heterocycles. The molecule has 0 unspecified atom stereocenters. The van der Waals surface area contributed by atoms with Crippen LogP contribution in [0.3, 0.4) is 0 Å². The van der Waals surface area contributed by atoms with Gasteiger partial charge in [0, 0.05) is 13.2 Å². The summed E-state index contributed by atoms with van der Waals surface area (Å²) in [6, 6.07) is 0. The molecule has 0 amide bonds. The first-order valence-corrected chi connectivity index (χ1v) is 5.14. The molecule has 0 spiro atoms. The molecule has 0 radical (unpaired) electrons. The smallest absolute Gasteiger partial charge is 0.396 e. The lowest BCUT2D eigenvalue weighted by Crippen LogP contribution is -2.38. The van der Waals surface area contributed by atoms with Crippen LogP contribution in [0.2, 0.25) is 0 Å². The number of hydrogen-bond donors (Lipinski definition) is 4. The van der Waals surface area contributed by atoms with Gasteiger partial charge < -0.3 is 23.9 Å². The topological polar surface area (TPSA) is 90.2 Å². The van der Waals surface area contributed by atoms with E-state index in [-0.39, 0.29) is 6.61 Å². The van der Waals surface area contributed by atoms with E-state index in [1.54, 1.807) is 6.92 Å². The Morgan fingerprint density at radius 3 is 1.55 bits per heavy atom. The molecule has 0 aromatic carbocycles. The Kier molecular flexibility index (Phi) is 10.0. The molecule has 6 heteroatoms. The zero-order valence-corrected chi connectivity index (χ0v) is 7.82. The Balaban J connectivity index is 0. The zero-order valence-electron chi connectivity index (χ0n) is 6.82. The highest BCUT2D eigenvalue weighted by Crippen LogP contribution is 1.85. The van der Waals surface area contributed by atoms with E-state index in [1.807, 2.05) is 6.92 Å². The van der Waals surface area contributed by atoms with Crippen LogP contribution in [0, 0.1) is 0 Å². The van der Waals surface area contributed by atoms with Crippen molar-refractivity contribution in [1.29, 1.82) is 0 Å². The molecule has 0 heterocycles. The van der Waals surface area contributed by atoms with Crippen LogP contribution in [0.25, 0.3) is 0 Å². The molecule has 4 N–H and O–H groups in total. The van der Waals surface area contributed by atoms with E-state index >= 15 is 0 Å². The fourth-order valence-electron chi connectivity index (χ4n) is 0.194. The monoisotopic (exact) mass is 184 g/mol. The van der Waals surface area contributed by atoms with E-state index in [0.717, 1.165) is 6.42 Å². The van der Waals surface area contributed by atoms with Crippen molar-refractivity contribution in [3.63, 3.8) is 0 Å². The van der Waals surface area contributed by atoms with Crippen molar-refractivity contribution >= 4 is 9.05 Å². The second kappa shape index (κ2) is 8.12. The molecule has 0 atom stereocenters. The molecule has 11 heavy (non-hydrogen) atoms. The molecule has 0 aliphatic heterocycles. The molecular weight excluding hydrogens is 168 g/mol. The highest BCUT2D eigenvalue weighted by Gasteiger charge is 2.28. The highest BCUT2D eigenvalue weighted by molar-refractivity contribution is 6.48. The lowest BCUT2D eigenvalue weighted by molar-refractivity contribution is 0.0687. The van der Waals surface area contributed by atoms with E-state index in [4.69, 9.17) is 19.5 Å². The summed E-state index contributed by atoms with van der Waals surface area (Å²) in [4.78, 5) is 24.1. The Morgan fingerprint density at radius 2 is 1.55 bits per heavy atom. The van der Waals surface area contributed by atoms with Gasteiger partial charge in [-0.1, -0.05) is 6.92 Å². The van der Waals surface area contributed by atoms with Gasteiger partial charge in [-0.3, -0.25) is 0 Å². The maximum atomic E-state index is 8.05. The van der Waals surface area contributed by atoms with Crippen molar-refractivity contribution in [3.8, 4) is 0 Å². The number of hydrogen-bond acceptors (Lipinski definition) is 5. The normalized spacial score (nSPS) is 10.4. The highest BCUT2D eigenvalue weighted by atomic mass is 28.4. The van der Waals surface area contributed by atoms with Gasteiger partial charge in [0.15, 0.2) is 0 Å². The van der Waals surface area contributed by atoms with Gasteiger partial charge in [0.1, 0.15) is 0 Å². The van der Waals surface area contributed by atoms with Crippen LogP contribution in [0.1, 0.15) is 20.3 Å². The second-order valence-corrected chi connectivity index (χ2v) is 3.17. The summed E-state index contributed by atoms with van der Waals surface area (Å²) in [5.41, 5.74) is 0. The average molecular weight is 184 g/mol. The summed E-state index contributed by atoms with van der Waals surface area (Å²) >= 11 is 0. The third-order valence-electron chi connectivity index (χ3n) is 0.562. The first kappa shape index (κ1) is 13.6. The Morgan fingerprint density at radius 1 is 1.18 bits per heavy atom. The fraction of sp³-hybridized carbons (Fsp3) is 1.00. The lowest BCUT2D eigenvalue weighted by Gasteiger charge is -2.05. The predicted molar refractivity (Wildman–Crippen MR) is 41.4 cm³/mol. The molecule has 70 valence electrons. The van der Waals surface area contributed by atoms with E-state index in [0.29, 0.717) is 6.61 Å². The predicted octanol–water partition coefficient (Wildman–Crippen LogP) is -1.18. The van der Waals surface area contributed by atoms with Crippen LogP contribution in [0.5, 0.6) is 0 Å². The van der Waals surface area contributed by atoms with Gasteiger partial charge in [-0.25, -0.2) is 0 Å². The first-order chi connectivity index (χ1) is 4.97. The van der Waals surface area contributed by atoms with Crippen molar-refractivity contribution in [2.24, 2.45) is 0 Å². The number of rotatable bonds is 3. The van der Waals surface area contributed by atoms with E-state index in [2.05, 4.69) is 4.43 Å². The largest absolute Gasteiger partial charge is 0.671 e. The minimum absolute atomic E-state index is 0.121. The molecular formula is C5H16O5Si. The SMILES string of the molecule is CCCO.CCO[Si](O)(O)O. The second-order valence-electron chi connectivity index (χ2n) is 1.73. The van der Waals surface area contributed by atoms with Crippen LogP contribution in [-0.4, -0.2) is 41.8 Å². The number of aliphatic hydroxyl groups is 1. The van der Waals surface area contributed by atoms with Gasteiger partial charge in [-0.15, -0.1) is 0 Å². The Hall–Kier alpha value is 0.0169. The van der Waals surface area contributed by atoms with Gasteiger partial charge in [0.25, 0.3) is 0 Å². The summed E-state index contributed by atoms with van der Waals surface area (Å²) in [5, 5.41) is 7.88. The van der Waals surface area contributed by atoms with Crippen LogP contribution >= 0.6 is 0 Å². The summed E-state index contributed by atoms with van der Waals surface area (Å²) in [6.07, 6.45) is 0.875. The van der Waals surface area contributed by atoms with Crippen LogP contribution in [0.15, 0.2) is 0 Å². The van der Waals surface area contributed by atoms with Crippen molar-refractivity contribution in [3.05, 3.63) is 0 Å². The summed E-state index contributed by atoms with van der Waals surface area (Å²) < 4.78 is 4.03. The molecule has 0 fully saturated rings. The van der Waals surface area contributed by atoms with Crippen molar-refractivity contribution < 1.29 is 23.9 Å². The third-order valence-corrected chi connectivity index (χ3v) is 1.24. The van der Waals surface area contributed by atoms with Gasteiger partial charge >= 0.3 is 9.05 Å².